The number of benzene rings is 1. The second-order valence-electron chi connectivity index (χ2n) is 3.37. The molecule has 2 aromatic rings. The van der Waals surface area contributed by atoms with Crippen LogP contribution in [-0.2, 0) is 0 Å². The zero-order valence-electron chi connectivity index (χ0n) is 9.36. The highest BCUT2D eigenvalue weighted by Gasteiger charge is 2.00. The van der Waals surface area contributed by atoms with Gasteiger partial charge in [0.05, 0.1) is 18.6 Å². The van der Waals surface area contributed by atoms with Crippen LogP contribution in [0.4, 0.5) is 0 Å². The summed E-state index contributed by atoms with van der Waals surface area (Å²) in [5.41, 5.74) is 7.04. The van der Waals surface area contributed by atoms with Crippen LogP contribution in [0.5, 0.6) is 0 Å². The van der Waals surface area contributed by atoms with Gasteiger partial charge in [-0.2, -0.15) is 5.10 Å². The lowest BCUT2D eigenvalue weighted by Gasteiger charge is -1.96. The van der Waals surface area contributed by atoms with Crippen LogP contribution >= 0.6 is 11.6 Å². The Balaban J connectivity index is 2.12. The van der Waals surface area contributed by atoms with Crippen molar-refractivity contribution in [3.63, 3.8) is 0 Å². The van der Waals surface area contributed by atoms with Crippen molar-refractivity contribution in [3.05, 3.63) is 59.1 Å². The average Bonchev–Trinajstić information content (AvgIpc) is 2.40. The molecule has 1 heterocycles. The summed E-state index contributed by atoms with van der Waals surface area (Å²) in [5, 5.41) is 7.97. The third-order valence-electron chi connectivity index (χ3n) is 2.04. The van der Waals surface area contributed by atoms with E-state index in [-0.39, 0.29) is 11.0 Å². The number of nitrogens with zero attached hydrogens (tertiary/aromatic N) is 4. The number of hydrogen-bond donors (Lipinski definition) is 1. The molecule has 0 atom stereocenters. The first-order valence-corrected chi connectivity index (χ1v) is 5.53. The summed E-state index contributed by atoms with van der Waals surface area (Å²) in [4.78, 5) is 7.84. The van der Waals surface area contributed by atoms with Gasteiger partial charge in [0.2, 0.25) is 0 Å². The molecule has 2 N–H and O–H groups in total. The summed E-state index contributed by atoms with van der Waals surface area (Å²) in [7, 11) is 0. The van der Waals surface area contributed by atoms with Gasteiger partial charge >= 0.3 is 0 Å². The lowest BCUT2D eigenvalue weighted by molar-refractivity contribution is 1.15. The molecule has 0 aliphatic rings. The zero-order valence-corrected chi connectivity index (χ0v) is 10.1. The molecule has 0 spiro atoms. The fourth-order valence-corrected chi connectivity index (χ4v) is 1.36. The first-order chi connectivity index (χ1) is 8.75. The summed E-state index contributed by atoms with van der Waals surface area (Å²) in [6.07, 6.45) is 4.50. The van der Waals surface area contributed by atoms with Gasteiger partial charge in [-0.1, -0.05) is 41.9 Å². The second-order valence-corrected chi connectivity index (χ2v) is 3.75. The molecule has 18 heavy (non-hydrogen) atoms. The first-order valence-electron chi connectivity index (χ1n) is 5.15. The smallest absolute Gasteiger partial charge is 0.173 e. The van der Waals surface area contributed by atoms with Crippen LogP contribution in [0.2, 0.25) is 5.15 Å². The summed E-state index contributed by atoms with van der Waals surface area (Å²) >= 11 is 5.70. The molecule has 90 valence electrons. The SMILES string of the molecule is N/C(=N\N=C\c1ccccc1)c1cncc(Cl)n1. The van der Waals surface area contributed by atoms with Gasteiger partial charge in [-0.15, -0.1) is 5.10 Å². The van der Waals surface area contributed by atoms with E-state index in [1.807, 2.05) is 30.3 Å². The van der Waals surface area contributed by atoms with Crippen molar-refractivity contribution in [2.24, 2.45) is 15.9 Å². The Bertz CT molecular complexity index is 580. The normalized spacial score (nSPS) is 11.9. The highest BCUT2D eigenvalue weighted by Crippen LogP contribution is 2.02. The first kappa shape index (κ1) is 12.2. The van der Waals surface area contributed by atoms with Crippen LogP contribution in [-0.4, -0.2) is 22.0 Å². The predicted molar refractivity (Wildman–Crippen MR) is 71.8 cm³/mol. The molecule has 5 nitrogen and oxygen atoms in total. The van der Waals surface area contributed by atoms with E-state index in [0.717, 1.165) is 5.56 Å². The summed E-state index contributed by atoms with van der Waals surface area (Å²) in [5.74, 6) is 0.164. The van der Waals surface area contributed by atoms with Crippen LogP contribution in [0.3, 0.4) is 0 Å². The Labute approximate surface area is 109 Å². The van der Waals surface area contributed by atoms with Crippen molar-refractivity contribution in [1.29, 1.82) is 0 Å². The van der Waals surface area contributed by atoms with Crippen molar-refractivity contribution in [1.82, 2.24) is 9.97 Å². The molecular formula is C12H10ClN5. The maximum absolute atomic E-state index is 5.70. The molecule has 0 unspecified atom stereocenters. The van der Waals surface area contributed by atoms with Crippen molar-refractivity contribution in [2.45, 2.75) is 0 Å². The molecule has 6 heteroatoms. The van der Waals surface area contributed by atoms with Crippen LogP contribution in [0, 0.1) is 0 Å². The van der Waals surface area contributed by atoms with Gasteiger partial charge in [-0.05, 0) is 5.56 Å². The van der Waals surface area contributed by atoms with E-state index in [2.05, 4.69) is 20.2 Å². The van der Waals surface area contributed by atoms with Gasteiger partial charge in [-0.25, -0.2) is 4.98 Å². The monoisotopic (exact) mass is 259 g/mol. The van der Waals surface area contributed by atoms with Crippen LogP contribution < -0.4 is 5.73 Å². The Morgan fingerprint density at radius 1 is 1.22 bits per heavy atom. The van der Waals surface area contributed by atoms with E-state index in [9.17, 15) is 0 Å². The van der Waals surface area contributed by atoms with Crippen molar-refractivity contribution in [2.75, 3.05) is 0 Å². The third kappa shape index (κ3) is 3.36. The van der Waals surface area contributed by atoms with Gasteiger partial charge in [0.1, 0.15) is 10.8 Å². The largest absolute Gasteiger partial charge is 0.380 e. The summed E-state index contributed by atoms with van der Waals surface area (Å²) in [6, 6.07) is 9.58. The maximum atomic E-state index is 5.70. The minimum absolute atomic E-state index is 0.164. The van der Waals surface area contributed by atoms with Crippen molar-refractivity contribution >= 4 is 23.7 Å². The van der Waals surface area contributed by atoms with E-state index in [1.54, 1.807) is 6.21 Å². The number of hydrogen-bond acceptors (Lipinski definition) is 4. The van der Waals surface area contributed by atoms with Crippen LogP contribution in [0.25, 0.3) is 0 Å². The minimum Gasteiger partial charge on any atom is -0.380 e. The van der Waals surface area contributed by atoms with E-state index in [0.29, 0.717) is 5.69 Å². The Kier molecular flexibility index (Phi) is 3.98. The molecule has 0 aliphatic heterocycles. The lowest BCUT2D eigenvalue weighted by Crippen LogP contribution is -2.15. The van der Waals surface area contributed by atoms with E-state index in [1.165, 1.54) is 12.4 Å². The predicted octanol–water partition coefficient (Wildman–Crippen LogP) is 1.87. The molecule has 1 aromatic heterocycles. The van der Waals surface area contributed by atoms with Gasteiger partial charge in [0.25, 0.3) is 0 Å². The lowest BCUT2D eigenvalue weighted by atomic mass is 10.2. The van der Waals surface area contributed by atoms with Gasteiger partial charge < -0.3 is 5.73 Å². The highest BCUT2D eigenvalue weighted by atomic mass is 35.5. The number of amidine groups is 1. The summed E-state index contributed by atoms with van der Waals surface area (Å²) < 4.78 is 0. The van der Waals surface area contributed by atoms with E-state index in [4.69, 9.17) is 17.3 Å². The topological polar surface area (TPSA) is 76.5 Å². The zero-order chi connectivity index (χ0) is 12.8. The van der Waals surface area contributed by atoms with Gasteiger partial charge in [-0.3, -0.25) is 4.98 Å². The van der Waals surface area contributed by atoms with Crippen molar-refractivity contribution < 1.29 is 0 Å². The van der Waals surface area contributed by atoms with Crippen LogP contribution in [0.1, 0.15) is 11.3 Å². The standard InChI is InChI=1S/C12H10ClN5/c13-11-8-15-7-10(17-11)12(14)18-16-6-9-4-2-1-3-5-9/h1-8H,(H2,14,18)/b16-6+. The van der Waals surface area contributed by atoms with Crippen LogP contribution in [0.15, 0.2) is 52.9 Å². The van der Waals surface area contributed by atoms with Gasteiger partial charge in [0.15, 0.2) is 5.84 Å². The fourth-order valence-electron chi connectivity index (χ4n) is 1.21. The number of nitrogens with two attached hydrogens (primary N) is 1. The molecule has 0 aliphatic carbocycles. The quantitative estimate of drug-likeness (QED) is 0.519. The second kappa shape index (κ2) is 5.88. The molecule has 0 bridgehead atoms. The third-order valence-corrected chi connectivity index (χ3v) is 2.22. The average molecular weight is 260 g/mol. The Morgan fingerprint density at radius 2 is 2.00 bits per heavy atom. The maximum Gasteiger partial charge on any atom is 0.173 e. The molecule has 0 radical (unpaired) electrons. The molecular weight excluding hydrogens is 250 g/mol. The Morgan fingerprint density at radius 3 is 2.72 bits per heavy atom. The van der Waals surface area contributed by atoms with E-state index < -0.39 is 0 Å². The summed E-state index contributed by atoms with van der Waals surface area (Å²) in [6.45, 7) is 0. The number of rotatable bonds is 3. The molecule has 0 saturated heterocycles. The number of halogens is 1. The molecule has 2 rings (SSSR count). The van der Waals surface area contributed by atoms with Crippen molar-refractivity contribution in [3.8, 4) is 0 Å². The Hall–Kier alpha value is -2.27. The molecule has 1 aromatic carbocycles. The fraction of sp³-hybridized carbons (Fsp3) is 0. The molecule has 0 fully saturated rings. The van der Waals surface area contributed by atoms with Gasteiger partial charge in [0, 0.05) is 0 Å². The minimum atomic E-state index is 0.164. The molecule has 0 amide bonds. The molecule has 0 saturated carbocycles. The van der Waals surface area contributed by atoms with E-state index >= 15 is 0 Å². The number of aromatic nitrogens is 2. The highest BCUT2D eigenvalue weighted by molar-refractivity contribution is 6.29.